The Morgan fingerprint density at radius 2 is 2.10 bits per heavy atom. The van der Waals surface area contributed by atoms with Crippen LogP contribution in [0.4, 0.5) is 0 Å². The minimum absolute atomic E-state index is 0.552. The van der Waals surface area contributed by atoms with Gasteiger partial charge in [-0.3, -0.25) is 9.80 Å². The van der Waals surface area contributed by atoms with E-state index in [0.29, 0.717) is 5.92 Å². The molecule has 2 aliphatic rings. The van der Waals surface area contributed by atoms with Crippen LogP contribution in [0.1, 0.15) is 56.7 Å². The van der Waals surface area contributed by atoms with Crippen molar-refractivity contribution in [2.45, 2.75) is 57.5 Å². The smallest absolute Gasteiger partial charge is 0.230 e. The first-order valence-corrected chi connectivity index (χ1v) is 7.97. The third kappa shape index (κ3) is 3.58. The summed E-state index contributed by atoms with van der Waals surface area (Å²) in [5, 5.41) is 8.29. The molecule has 112 valence electrons. The summed E-state index contributed by atoms with van der Waals surface area (Å²) in [7, 11) is 2.13. The van der Waals surface area contributed by atoms with Crippen molar-refractivity contribution in [3.8, 4) is 0 Å². The van der Waals surface area contributed by atoms with Crippen LogP contribution >= 0.6 is 0 Å². The highest BCUT2D eigenvalue weighted by Crippen LogP contribution is 2.39. The molecule has 1 saturated carbocycles. The molecule has 5 heteroatoms. The zero-order valence-electron chi connectivity index (χ0n) is 12.7. The first-order valence-electron chi connectivity index (χ1n) is 7.97. The molecule has 0 N–H and O–H groups in total. The normalized spacial score (nSPS) is 24.4. The zero-order valence-corrected chi connectivity index (χ0v) is 12.7. The molecule has 0 amide bonds. The molecule has 0 spiro atoms. The van der Waals surface area contributed by atoms with Crippen molar-refractivity contribution in [2.75, 3.05) is 26.7 Å². The van der Waals surface area contributed by atoms with Crippen molar-refractivity contribution < 1.29 is 4.42 Å². The van der Waals surface area contributed by atoms with Crippen molar-refractivity contribution in [3.05, 3.63) is 11.8 Å². The number of piperidine rings is 1. The number of likely N-dealkylation sites (tertiary alicyclic amines) is 1. The van der Waals surface area contributed by atoms with E-state index in [-0.39, 0.29) is 0 Å². The minimum Gasteiger partial charge on any atom is -0.424 e. The summed E-state index contributed by atoms with van der Waals surface area (Å²) in [6.07, 6.45) is 6.51. The minimum atomic E-state index is 0.552. The summed E-state index contributed by atoms with van der Waals surface area (Å²) < 4.78 is 5.71. The van der Waals surface area contributed by atoms with Crippen molar-refractivity contribution >= 4 is 0 Å². The Bertz CT molecular complexity index is 429. The molecule has 1 atom stereocenters. The van der Waals surface area contributed by atoms with Gasteiger partial charge in [0, 0.05) is 25.0 Å². The van der Waals surface area contributed by atoms with Gasteiger partial charge in [-0.25, -0.2) is 0 Å². The van der Waals surface area contributed by atoms with Crippen LogP contribution in [0.15, 0.2) is 4.42 Å². The molecule has 0 bridgehead atoms. The number of hydrogen-bond acceptors (Lipinski definition) is 5. The fraction of sp³-hybridized carbons (Fsp3) is 0.867. The van der Waals surface area contributed by atoms with Gasteiger partial charge in [-0.15, -0.1) is 10.2 Å². The van der Waals surface area contributed by atoms with E-state index in [2.05, 4.69) is 34.0 Å². The molecular formula is C15H26N4O. The molecular weight excluding hydrogens is 252 g/mol. The molecule has 0 unspecified atom stereocenters. The number of hydrogen-bond donors (Lipinski definition) is 0. The van der Waals surface area contributed by atoms with E-state index >= 15 is 0 Å². The lowest BCUT2D eigenvalue weighted by Gasteiger charge is -2.34. The first kappa shape index (κ1) is 14.0. The van der Waals surface area contributed by atoms with Gasteiger partial charge in [-0.1, -0.05) is 6.42 Å². The second-order valence-corrected chi connectivity index (χ2v) is 6.43. The molecule has 1 saturated heterocycles. The predicted octanol–water partition coefficient (Wildman–Crippen LogP) is 2.25. The van der Waals surface area contributed by atoms with Crippen LogP contribution in [0, 0.1) is 0 Å². The van der Waals surface area contributed by atoms with Crippen molar-refractivity contribution in [1.82, 2.24) is 20.0 Å². The third-order valence-corrected chi connectivity index (χ3v) is 4.52. The molecule has 20 heavy (non-hydrogen) atoms. The quantitative estimate of drug-likeness (QED) is 0.798. The summed E-state index contributed by atoms with van der Waals surface area (Å²) in [5.41, 5.74) is 0. The van der Waals surface area contributed by atoms with Gasteiger partial charge in [-0.05, 0) is 46.2 Å². The van der Waals surface area contributed by atoms with Gasteiger partial charge in [0.15, 0.2) is 0 Å². The predicted molar refractivity (Wildman–Crippen MR) is 77.5 cm³/mol. The molecule has 0 radical (unpaired) electrons. The standard InChI is InChI=1S/C15H26N4O/c1-12-5-3-4-8-19(12)10-9-18(2)11-14-16-17-15(20-14)13-6-7-13/h12-13H,3-11H2,1-2H3/t12-/m0/s1. The van der Waals surface area contributed by atoms with Crippen LogP contribution < -0.4 is 0 Å². The summed E-state index contributed by atoms with van der Waals surface area (Å²) >= 11 is 0. The van der Waals surface area contributed by atoms with Crippen LogP contribution in [0.2, 0.25) is 0 Å². The third-order valence-electron chi connectivity index (χ3n) is 4.52. The SMILES string of the molecule is C[C@H]1CCCCN1CCN(C)Cc1nnc(C2CC2)o1. The number of nitrogens with zero attached hydrogens (tertiary/aromatic N) is 4. The molecule has 1 aromatic heterocycles. The highest BCUT2D eigenvalue weighted by molar-refractivity contribution is 5.00. The fourth-order valence-electron chi connectivity index (χ4n) is 2.92. The van der Waals surface area contributed by atoms with Crippen LogP contribution in [0.3, 0.4) is 0 Å². The molecule has 0 aromatic carbocycles. The number of rotatable bonds is 6. The Morgan fingerprint density at radius 3 is 2.85 bits per heavy atom. The molecule has 1 aromatic rings. The van der Waals surface area contributed by atoms with Crippen LogP contribution in [0.5, 0.6) is 0 Å². The average molecular weight is 278 g/mol. The lowest BCUT2D eigenvalue weighted by atomic mass is 10.0. The van der Waals surface area contributed by atoms with Gasteiger partial charge in [0.05, 0.1) is 6.54 Å². The maximum Gasteiger partial charge on any atom is 0.230 e. The summed E-state index contributed by atoms with van der Waals surface area (Å²) in [6, 6.07) is 0.738. The molecule has 1 aliphatic heterocycles. The van der Waals surface area contributed by atoms with Gasteiger partial charge in [0.2, 0.25) is 11.8 Å². The monoisotopic (exact) mass is 278 g/mol. The highest BCUT2D eigenvalue weighted by atomic mass is 16.4. The maximum atomic E-state index is 5.71. The molecule has 5 nitrogen and oxygen atoms in total. The van der Waals surface area contributed by atoms with E-state index in [1.807, 2.05) is 0 Å². The topological polar surface area (TPSA) is 45.4 Å². The number of aromatic nitrogens is 2. The molecule has 2 fully saturated rings. The van der Waals surface area contributed by atoms with Crippen LogP contribution in [-0.4, -0.2) is 52.7 Å². The van der Waals surface area contributed by atoms with E-state index in [9.17, 15) is 0 Å². The van der Waals surface area contributed by atoms with E-state index in [4.69, 9.17) is 4.42 Å². The van der Waals surface area contributed by atoms with Crippen molar-refractivity contribution in [3.63, 3.8) is 0 Å². The molecule has 2 heterocycles. The molecule has 3 rings (SSSR count). The lowest BCUT2D eigenvalue weighted by molar-refractivity contribution is 0.138. The Morgan fingerprint density at radius 1 is 1.25 bits per heavy atom. The Hall–Kier alpha value is -0.940. The summed E-state index contributed by atoms with van der Waals surface area (Å²) in [6.45, 7) is 6.56. The van der Waals surface area contributed by atoms with Crippen molar-refractivity contribution in [1.29, 1.82) is 0 Å². The van der Waals surface area contributed by atoms with Gasteiger partial charge >= 0.3 is 0 Å². The van der Waals surface area contributed by atoms with Crippen LogP contribution in [-0.2, 0) is 6.54 Å². The van der Waals surface area contributed by atoms with E-state index in [0.717, 1.165) is 37.5 Å². The highest BCUT2D eigenvalue weighted by Gasteiger charge is 2.29. The Labute approximate surface area is 121 Å². The zero-order chi connectivity index (χ0) is 13.9. The summed E-state index contributed by atoms with van der Waals surface area (Å²) in [5.74, 6) is 2.16. The lowest BCUT2D eigenvalue weighted by Crippen LogP contribution is -2.41. The van der Waals surface area contributed by atoms with E-state index in [1.165, 1.54) is 38.6 Å². The fourth-order valence-corrected chi connectivity index (χ4v) is 2.92. The van der Waals surface area contributed by atoms with E-state index < -0.39 is 0 Å². The largest absolute Gasteiger partial charge is 0.424 e. The van der Waals surface area contributed by atoms with Crippen LogP contribution in [0.25, 0.3) is 0 Å². The number of likely N-dealkylation sites (N-methyl/N-ethyl adjacent to an activating group) is 1. The van der Waals surface area contributed by atoms with Gasteiger partial charge in [-0.2, -0.15) is 0 Å². The summed E-state index contributed by atoms with van der Waals surface area (Å²) in [4.78, 5) is 4.88. The van der Waals surface area contributed by atoms with Gasteiger partial charge in [0.1, 0.15) is 0 Å². The first-order chi connectivity index (χ1) is 9.72. The van der Waals surface area contributed by atoms with E-state index in [1.54, 1.807) is 0 Å². The second-order valence-electron chi connectivity index (χ2n) is 6.43. The Balaban J connectivity index is 1.42. The van der Waals surface area contributed by atoms with Gasteiger partial charge < -0.3 is 4.42 Å². The van der Waals surface area contributed by atoms with Gasteiger partial charge in [0.25, 0.3) is 0 Å². The molecule has 1 aliphatic carbocycles. The second kappa shape index (κ2) is 6.22. The average Bonchev–Trinajstić information content (AvgIpc) is 3.19. The van der Waals surface area contributed by atoms with Crippen molar-refractivity contribution in [2.24, 2.45) is 0 Å². The maximum absolute atomic E-state index is 5.71. The Kier molecular flexibility index (Phi) is 4.36.